The van der Waals surface area contributed by atoms with Crippen molar-refractivity contribution in [3.63, 3.8) is 0 Å². The predicted octanol–water partition coefficient (Wildman–Crippen LogP) is 1.63. The number of carbonyl (C=O) groups is 4. The Labute approximate surface area is 161 Å². The predicted molar refractivity (Wildman–Crippen MR) is 98.6 cm³/mol. The van der Waals surface area contributed by atoms with Crippen molar-refractivity contribution in [2.45, 2.75) is 32.9 Å². The molecular weight excluding hydrogens is 364 g/mol. The maximum Gasteiger partial charge on any atom is 0.326 e. The highest BCUT2D eigenvalue weighted by Gasteiger charge is 2.37. The molecule has 0 radical (unpaired) electrons. The summed E-state index contributed by atoms with van der Waals surface area (Å²) >= 11 is 0. The maximum absolute atomic E-state index is 12.3. The topological polar surface area (TPSA) is 111 Å². The number of anilines is 1. The fourth-order valence-electron chi connectivity index (χ4n) is 2.85. The second-order valence-electron chi connectivity index (χ2n) is 6.62. The number of aromatic nitrogens is 2. The number of amides is 3. The molecule has 2 heterocycles. The van der Waals surface area contributed by atoms with Gasteiger partial charge in [-0.1, -0.05) is 12.1 Å². The summed E-state index contributed by atoms with van der Waals surface area (Å²) in [4.78, 5) is 49.8. The average Bonchev–Trinajstić information content (AvgIpc) is 3.21. The first-order chi connectivity index (χ1) is 13.3. The molecule has 1 aliphatic rings. The van der Waals surface area contributed by atoms with Gasteiger partial charge in [0.25, 0.3) is 17.7 Å². The van der Waals surface area contributed by atoms with Crippen molar-refractivity contribution < 1.29 is 23.9 Å². The number of hydrogen-bond donors (Lipinski definition) is 1. The van der Waals surface area contributed by atoms with Crippen LogP contribution in [0, 0.1) is 0 Å². The minimum absolute atomic E-state index is 0.0389. The lowest BCUT2D eigenvalue weighted by molar-refractivity contribution is -0.153. The molecule has 3 amide bonds. The Hall–Kier alpha value is -3.49. The summed E-state index contributed by atoms with van der Waals surface area (Å²) in [5.74, 6) is -2.04. The van der Waals surface area contributed by atoms with E-state index in [1.165, 1.54) is 19.1 Å². The zero-order chi connectivity index (χ0) is 20.4. The maximum atomic E-state index is 12.3. The van der Waals surface area contributed by atoms with Gasteiger partial charge in [-0.2, -0.15) is 5.10 Å². The quantitative estimate of drug-likeness (QED) is 0.599. The van der Waals surface area contributed by atoms with Gasteiger partial charge < -0.3 is 10.1 Å². The summed E-state index contributed by atoms with van der Waals surface area (Å²) in [5, 5.41) is 6.75. The molecule has 146 valence electrons. The summed E-state index contributed by atoms with van der Waals surface area (Å²) in [6.07, 6.45) is 0.437. The number of hydrogen-bond acceptors (Lipinski definition) is 6. The summed E-state index contributed by atoms with van der Waals surface area (Å²) in [7, 11) is 0. The smallest absolute Gasteiger partial charge is 0.326 e. The summed E-state index contributed by atoms with van der Waals surface area (Å²) in [5.41, 5.74) is 0.487. The zero-order valence-corrected chi connectivity index (χ0v) is 15.7. The van der Waals surface area contributed by atoms with E-state index in [9.17, 15) is 19.2 Å². The van der Waals surface area contributed by atoms with Crippen molar-refractivity contribution in [2.75, 3.05) is 11.9 Å². The molecule has 1 atom stereocenters. The van der Waals surface area contributed by atoms with Gasteiger partial charge in [0.05, 0.1) is 17.3 Å². The van der Waals surface area contributed by atoms with Gasteiger partial charge in [0, 0.05) is 12.1 Å². The first-order valence-corrected chi connectivity index (χ1v) is 8.78. The second-order valence-corrected chi connectivity index (χ2v) is 6.62. The molecule has 1 aromatic heterocycles. The molecule has 9 heteroatoms. The number of esters is 1. The number of carbonyl (C=O) groups excluding carboxylic acids is 4. The van der Waals surface area contributed by atoms with E-state index in [0.29, 0.717) is 5.82 Å². The molecule has 2 aromatic rings. The second kappa shape index (κ2) is 7.63. The molecule has 0 spiro atoms. The van der Waals surface area contributed by atoms with Gasteiger partial charge in [-0.15, -0.1) is 0 Å². The van der Waals surface area contributed by atoms with Crippen LogP contribution in [0.2, 0.25) is 0 Å². The van der Waals surface area contributed by atoms with Crippen molar-refractivity contribution >= 4 is 29.5 Å². The van der Waals surface area contributed by atoms with Gasteiger partial charge in [-0.05, 0) is 32.9 Å². The van der Waals surface area contributed by atoms with Gasteiger partial charge >= 0.3 is 5.97 Å². The highest BCUT2D eigenvalue weighted by molar-refractivity contribution is 6.22. The number of benzene rings is 1. The average molecular weight is 384 g/mol. The lowest BCUT2D eigenvalue weighted by Gasteiger charge is -2.17. The van der Waals surface area contributed by atoms with Crippen LogP contribution in [0.25, 0.3) is 0 Å². The number of nitrogens with zero attached hydrogens (tertiary/aromatic N) is 3. The molecular formula is C19H20N4O5. The minimum atomic E-state index is -1.11. The Morgan fingerprint density at radius 1 is 1.07 bits per heavy atom. The van der Waals surface area contributed by atoms with E-state index >= 15 is 0 Å². The number of ether oxygens (including phenoxy) is 1. The Morgan fingerprint density at radius 2 is 1.68 bits per heavy atom. The molecule has 28 heavy (non-hydrogen) atoms. The van der Waals surface area contributed by atoms with Crippen LogP contribution in [0.4, 0.5) is 5.82 Å². The van der Waals surface area contributed by atoms with Crippen molar-refractivity contribution in [3.8, 4) is 0 Å². The van der Waals surface area contributed by atoms with E-state index in [0.717, 1.165) is 4.90 Å². The fourth-order valence-corrected chi connectivity index (χ4v) is 2.85. The Kier molecular flexibility index (Phi) is 5.25. The molecule has 0 saturated carbocycles. The third-order valence-corrected chi connectivity index (χ3v) is 4.25. The Bertz CT molecular complexity index is 914. The lowest BCUT2D eigenvalue weighted by Crippen LogP contribution is -2.38. The highest BCUT2D eigenvalue weighted by atomic mass is 16.5. The molecule has 9 nitrogen and oxygen atoms in total. The number of imide groups is 1. The molecule has 1 aliphatic heterocycles. The molecule has 0 fully saturated rings. The Balaban J connectivity index is 1.59. The third kappa shape index (κ3) is 3.64. The summed E-state index contributed by atoms with van der Waals surface area (Å²) in [6.45, 7) is 4.67. The number of rotatable bonds is 6. The molecule has 1 unspecified atom stereocenters. The molecule has 0 aliphatic carbocycles. The van der Waals surface area contributed by atoms with Gasteiger partial charge in [0.15, 0.2) is 6.10 Å². The lowest BCUT2D eigenvalue weighted by atomic mass is 10.1. The van der Waals surface area contributed by atoms with Crippen LogP contribution in [0.3, 0.4) is 0 Å². The normalized spacial score (nSPS) is 14.2. The Morgan fingerprint density at radius 3 is 2.25 bits per heavy atom. The summed E-state index contributed by atoms with van der Waals surface area (Å²) < 4.78 is 6.71. The van der Waals surface area contributed by atoms with E-state index in [-0.39, 0.29) is 17.2 Å². The van der Waals surface area contributed by atoms with Crippen LogP contribution in [0.1, 0.15) is 47.5 Å². The zero-order valence-electron chi connectivity index (χ0n) is 15.7. The first kappa shape index (κ1) is 19.3. The van der Waals surface area contributed by atoms with Gasteiger partial charge in [0.2, 0.25) is 0 Å². The summed E-state index contributed by atoms with van der Waals surface area (Å²) in [6, 6.07) is 7.99. The van der Waals surface area contributed by atoms with Gasteiger partial charge in [-0.25, -0.2) is 4.68 Å². The van der Waals surface area contributed by atoms with E-state index in [4.69, 9.17) is 4.74 Å². The highest BCUT2D eigenvalue weighted by Crippen LogP contribution is 2.22. The van der Waals surface area contributed by atoms with Crippen LogP contribution in [-0.4, -0.2) is 51.0 Å². The van der Waals surface area contributed by atoms with Crippen LogP contribution in [0.15, 0.2) is 36.5 Å². The van der Waals surface area contributed by atoms with E-state index < -0.39 is 36.3 Å². The van der Waals surface area contributed by atoms with Crippen molar-refractivity contribution in [2.24, 2.45) is 0 Å². The first-order valence-electron chi connectivity index (χ1n) is 8.78. The largest absolute Gasteiger partial charge is 0.451 e. The van der Waals surface area contributed by atoms with E-state index in [2.05, 4.69) is 10.4 Å². The van der Waals surface area contributed by atoms with Crippen LogP contribution >= 0.6 is 0 Å². The monoisotopic (exact) mass is 384 g/mol. The minimum Gasteiger partial charge on any atom is -0.451 e. The van der Waals surface area contributed by atoms with Crippen molar-refractivity contribution in [3.05, 3.63) is 47.7 Å². The van der Waals surface area contributed by atoms with Gasteiger partial charge in [0.1, 0.15) is 12.4 Å². The molecule has 1 aromatic carbocycles. The molecule has 0 bridgehead atoms. The van der Waals surface area contributed by atoms with E-state index in [1.54, 1.807) is 29.1 Å². The van der Waals surface area contributed by atoms with Crippen LogP contribution < -0.4 is 5.32 Å². The number of nitrogens with one attached hydrogen (secondary N) is 1. The fraction of sp³-hybridized carbons (Fsp3) is 0.316. The van der Waals surface area contributed by atoms with Crippen molar-refractivity contribution in [1.82, 2.24) is 14.7 Å². The molecule has 3 rings (SSSR count). The standard InChI is InChI=1S/C19H20N4O5/c1-11(2)23-15(8-9-20-23)21-17(25)12(3)28-16(24)10-22-18(26)13-6-4-5-7-14(13)19(22)27/h4-9,11-12H,10H2,1-3H3,(H,21,25). The van der Waals surface area contributed by atoms with Crippen molar-refractivity contribution in [1.29, 1.82) is 0 Å². The SMILES string of the molecule is CC(OC(=O)CN1C(=O)c2ccccc2C1=O)C(=O)Nc1ccnn1C(C)C. The van der Waals surface area contributed by atoms with Gasteiger partial charge in [-0.3, -0.25) is 24.1 Å². The van der Waals surface area contributed by atoms with E-state index in [1.807, 2.05) is 13.8 Å². The third-order valence-electron chi connectivity index (χ3n) is 4.25. The molecule has 0 saturated heterocycles. The number of fused-ring (bicyclic) bond motifs is 1. The van der Waals surface area contributed by atoms with Crippen LogP contribution in [-0.2, 0) is 14.3 Å². The molecule has 1 N–H and O–H groups in total. The van der Waals surface area contributed by atoms with Crippen LogP contribution in [0.5, 0.6) is 0 Å².